The van der Waals surface area contributed by atoms with E-state index < -0.39 is 194 Å². The lowest BCUT2D eigenvalue weighted by Crippen LogP contribution is -1.91. The Balaban J connectivity index is 1.51. The first-order valence-corrected chi connectivity index (χ1v) is 12.9. The highest BCUT2D eigenvalue weighted by molar-refractivity contribution is 6.22. The van der Waals surface area contributed by atoms with Gasteiger partial charge in [0.25, 0.3) is 0 Å². The van der Waals surface area contributed by atoms with E-state index in [1.54, 1.807) is 0 Å². The third-order valence-electron chi connectivity index (χ3n) is 7.22. The van der Waals surface area contributed by atoms with Crippen LogP contribution in [0.25, 0.3) is 87.6 Å². The Hall–Kier alpha value is -5.66. The molecule has 0 bridgehead atoms. The van der Waals surface area contributed by atoms with Gasteiger partial charge < -0.3 is 4.42 Å². The van der Waals surface area contributed by atoms with Crippen molar-refractivity contribution in [3.8, 4) is 33.4 Å². The second kappa shape index (κ2) is 9.44. The van der Waals surface area contributed by atoms with Gasteiger partial charge in [-0.15, -0.1) is 0 Å². The molecule has 1 heterocycles. The molecular formula is C42H26O. The molecule has 0 saturated carbocycles. The van der Waals surface area contributed by atoms with Crippen LogP contribution in [0.5, 0.6) is 0 Å². The number of hydrogen-bond donors (Lipinski definition) is 0. The van der Waals surface area contributed by atoms with Gasteiger partial charge in [0.1, 0.15) is 11.2 Å². The van der Waals surface area contributed by atoms with Crippen LogP contribution in [0.4, 0.5) is 0 Å². The van der Waals surface area contributed by atoms with Gasteiger partial charge in [0.05, 0.1) is 31.5 Å². The van der Waals surface area contributed by atoms with Crippen LogP contribution in [-0.4, -0.2) is 0 Å². The molecule has 200 valence electrons. The number of furan rings is 1. The molecule has 0 N–H and O–H groups in total. The van der Waals surface area contributed by atoms with Gasteiger partial charge in [0, 0.05) is 10.8 Å². The molecule has 1 heteroatoms. The first-order chi connectivity index (χ1) is 30.9. The second-order valence-electron chi connectivity index (χ2n) is 9.52. The molecule has 0 atom stereocenters. The summed E-state index contributed by atoms with van der Waals surface area (Å²) in [5.74, 6) is 0. The molecule has 0 unspecified atom stereocenters. The Bertz CT molecular complexity index is 3680. The zero-order valence-corrected chi connectivity index (χ0v) is 21.6. The van der Waals surface area contributed by atoms with E-state index in [4.69, 9.17) is 25.0 Å². The Morgan fingerprint density at radius 1 is 0.372 bits per heavy atom. The van der Waals surface area contributed by atoms with Crippen LogP contribution < -0.4 is 0 Å². The minimum Gasteiger partial charge on any atom is -0.456 e. The summed E-state index contributed by atoms with van der Waals surface area (Å²) in [5.41, 5.74) is -2.98. The molecule has 8 aromatic carbocycles. The van der Waals surface area contributed by atoms with E-state index >= 15 is 0 Å². The molecule has 0 radical (unpaired) electrons. The van der Waals surface area contributed by atoms with Gasteiger partial charge in [-0.05, 0) is 83.9 Å². The van der Waals surface area contributed by atoms with Crippen molar-refractivity contribution >= 4 is 54.3 Å². The number of fused-ring (bicyclic) bond motifs is 6. The van der Waals surface area contributed by atoms with Gasteiger partial charge in [-0.3, -0.25) is 0 Å². The van der Waals surface area contributed by atoms with Crippen molar-refractivity contribution in [3.05, 3.63) is 157 Å². The van der Waals surface area contributed by atoms with Gasteiger partial charge in [0.15, 0.2) is 0 Å². The maximum Gasteiger partial charge on any atom is 0.135 e. The predicted molar refractivity (Wildman–Crippen MR) is 183 cm³/mol. The van der Waals surface area contributed by atoms with Crippen LogP contribution in [0.3, 0.4) is 0 Å². The van der Waals surface area contributed by atoms with Gasteiger partial charge in [-0.2, -0.15) is 0 Å². The fourth-order valence-corrected chi connectivity index (χ4v) is 5.37. The zero-order valence-electron chi connectivity index (χ0n) is 44.6. The standard InChI is InChI=1S/C42H26O/c1-2-12-31-27(10-1)11-9-18-32(31)28-20-22-29(23-21-28)41-34-14-3-5-16-36(34)42(37-17-6-4-15-35(37)41)30-24-25-40-38(26-30)33-13-7-8-19-39(33)43-40/h1-26H/i1D,2D,3D,4D,5D,6D,7D,8D,9D,10D,11D,12D,13D,14D,15D,16D,17D,18D,19D,20D,21D,22D,23D. The fourth-order valence-electron chi connectivity index (χ4n) is 5.37. The second-order valence-corrected chi connectivity index (χ2v) is 9.52. The Morgan fingerprint density at radius 3 is 1.60 bits per heavy atom. The lowest BCUT2D eigenvalue weighted by Gasteiger charge is -2.18. The third kappa shape index (κ3) is 3.72. The van der Waals surface area contributed by atoms with E-state index in [0.717, 1.165) is 0 Å². The van der Waals surface area contributed by atoms with Crippen molar-refractivity contribution in [3.63, 3.8) is 0 Å². The summed E-state index contributed by atoms with van der Waals surface area (Å²) in [6.07, 6.45) is 0. The molecular weight excluding hydrogens is 520 g/mol. The Labute approximate surface area is 281 Å². The van der Waals surface area contributed by atoms with Crippen LogP contribution in [-0.2, 0) is 0 Å². The van der Waals surface area contributed by atoms with Crippen molar-refractivity contribution in [2.24, 2.45) is 0 Å². The summed E-state index contributed by atoms with van der Waals surface area (Å²) >= 11 is 0. The minimum absolute atomic E-state index is 0.0209. The number of para-hydroxylation sites is 1. The van der Waals surface area contributed by atoms with Crippen molar-refractivity contribution in [2.75, 3.05) is 0 Å². The summed E-state index contributed by atoms with van der Waals surface area (Å²) in [4.78, 5) is 0. The summed E-state index contributed by atoms with van der Waals surface area (Å²) in [5, 5.41) is -2.82. The summed E-state index contributed by atoms with van der Waals surface area (Å²) in [6.45, 7) is 0. The SMILES string of the molecule is [2H]c1c([2H])c(-c2c3c([2H])c([2H])c([2H])c([2H])c3c(-c3ccc4oc5c([2H])c([2H])c([2H])c([2H])c5c4c3)c3c([2H])c([2H])c([2H])c([2H])c23)c([2H])c([2H])c1-c1c([2H])c([2H])c([2H])c2c([2H])c([2H])c([2H])c([2H])c12. The predicted octanol–water partition coefficient (Wildman–Crippen LogP) is 12.0. The molecule has 0 aliphatic rings. The van der Waals surface area contributed by atoms with Gasteiger partial charge in [0.2, 0.25) is 0 Å². The van der Waals surface area contributed by atoms with E-state index in [0.29, 0.717) is 0 Å². The maximum absolute atomic E-state index is 9.49. The van der Waals surface area contributed by atoms with E-state index in [2.05, 4.69) is 0 Å². The normalized spacial score (nSPS) is 19.2. The van der Waals surface area contributed by atoms with E-state index in [-0.39, 0.29) is 33.1 Å². The van der Waals surface area contributed by atoms with Crippen molar-refractivity contribution in [1.82, 2.24) is 0 Å². The number of rotatable bonds is 3. The molecule has 1 aromatic heterocycles. The average Bonchev–Trinajstić information content (AvgIpc) is 3.68. The van der Waals surface area contributed by atoms with Crippen LogP contribution in [0.2, 0.25) is 0 Å². The fraction of sp³-hybridized carbons (Fsp3) is 0. The number of benzene rings is 8. The van der Waals surface area contributed by atoms with Crippen LogP contribution in [0.15, 0.2) is 162 Å². The topological polar surface area (TPSA) is 13.1 Å². The average molecular weight is 570 g/mol. The molecule has 9 aromatic rings. The summed E-state index contributed by atoms with van der Waals surface area (Å²) in [7, 11) is 0. The molecule has 0 saturated heterocycles. The van der Waals surface area contributed by atoms with Gasteiger partial charge >= 0.3 is 0 Å². The van der Waals surface area contributed by atoms with E-state index in [1.165, 1.54) is 18.2 Å². The molecule has 0 aliphatic heterocycles. The summed E-state index contributed by atoms with van der Waals surface area (Å²) < 4.78 is 209. The monoisotopic (exact) mass is 569 g/mol. The first kappa shape index (κ1) is 10.6. The first-order valence-electron chi connectivity index (χ1n) is 24.4. The molecule has 0 amide bonds. The van der Waals surface area contributed by atoms with Crippen molar-refractivity contribution in [2.45, 2.75) is 0 Å². The van der Waals surface area contributed by atoms with Crippen molar-refractivity contribution in [1.29, 1.82) is 0 Å². The van der Waals surface area contributed by atoms with E-state index in [1.807, 2.05) is 0 Å². The van der Waals surface area contributed by atoms with Crippen LogP contribution in [0, 0.1) is 0 Å². The van der Waals surface area contributed by atoms with Gasteiger partial charge in [-0.25, -0.2) is 0 Å². The number of hydrogen-bond acceptors (Lipinski definition) is 1. The molecule has 0 aliphatic carbocycles. The minimum atomic E-state index is -0.975. The highest BCUT2D eigenvalue weighted by Crippen LogP contribution is 2.45. The highest BCUT2D eigenvalue weighted by Gasteiger charge is 2.18. The summed E-state index contributed by atoms with van der Waals surface area (Å²) in [6, 6.07) is -13.9. The molecule has 43 heavy (non-hydrogen) atoms. The molecule has 0 fully saturated rings. The van der Waals surface area contributed by atoms with Crippen LogP contribution >= 0.6 is 0 Å². The molecule has 0 spiro atoms. The molecule has 1 nitrogen and oxygen atoms in total. The quantitative estimate of drug-likeness (QED) is 0.193. The lowest BCUT2D eigenvalue weighted by molar-refractivity contribution is 0.669. The van der Waals surface area contributed by atoms with Crippen LogP contribution in [0.1, 0.15) is 31.5 Å². The Kier molecular flexibility index (Phi) is 2.32. The zero-order chi connectivity index (χ0) is 48.3. The molecule has 9 rings (SSSR count). The van der Waals surface area contributed by atoms with Crippen molar-refractivity contribution < 1.29 is 35.9 Å². The Morgan fingerprint density at radius 2 is 0.907 bits per heavy atom. The van der Waals surface area contributed by atoms with Gasteiger partial charge in [-0.1, -0.05) is 139 Å². The largest absolute Gasteiger partial charge is 0.456 e. The third-order valence-corrected chi connectivity index (χ3v) is 7.22. The van der Waals surface area contributed by atoms with E-state index in [9.17, 15) is 11.0 Å². The highest BCUT2D eigenvalue weighted by atomic mass is 16.3. The maximum atomic E-state index is 9.49. The smallest absolute Gasteiger partial charge is 0.135 e. The lowest BCUT2D eigenvalue weighted by atomic mass is 9.85.